The summed E-state index contributed by atoms with van der Waals surface area (Å²) < 4.78 is 2.06. The second kappa shape index (κ2) is 6.46. The van der Waals surface area contributed by atoms with Gasteiger partial charge in [0.15, 0.2) is 0 Å². The molecule has 114 valence electrons. The molecule has 0 saturated carbocycles. The highest BCUT2D eigenvalue weighted by Crippen LogP contribution is 2.26. The first kappa shape index (κ1) is 15.8. The highest BCUT2D eigenvalue weighted by atomic mass is 35.5. The summed E-state index contributed by atoms with van der Waals surface area (Å²) in [5.41, 5.74) is 2.50. The maximum atomic E-state index is 6.49. The summed E-state index contributed by atoms with van der Waals surface area (Å²) in [5.74, 6) is 0. The molecule has 1 saturated heterocycles. The van der Waals surface area contributed by atoms with Crippen molar-refractivity contribution in [1.29, 1.82) is 0 Å². The van der Waals surface area contributed by atoms with Gasteiger partial charge < -0.3 is 5.32 Å². The molecule has 1 aromatic rings. The number of piperidine rings is 1. The van der Waals surface area contributed by atoms with Crippen molar-refractivity contribution in [3.05, 3.63) is 16.4 Å². The minimum Gasteiger partial charge on any atom is -0.314 e. The van der Waals surface area contributed by atoms with Gasteiger partial charge in [-0.25, -0.2) is 0 Å². The van der Waals surface area contributed by atoms with Crippen LogP contribution >= 0.6 is 11.6 Å². The third kappa shape index (κ3) is 3.18. The second-order valence-electron chi connectivity index (χ2n) is 5.96. The van der Waals surface area contributed by atoms with Crippen molar-refractivity contribution in [3.8, 4) is 0 Å². The van der Waals surface area contributed by atoms with E-state index in [1.165, 1.54) is 18.5 Å². The van der Waals surface area contributed by atoms with Gasteiger partial charge in [-0.15, -0.1) is 0 Å². The van der Waals surface area contributed by atoms with Crippen molar-refractivity contribution in [2.24, 2.45) is 0 Å². The molecule has 0 atom stereocenters. The van der Waals surface area contributed by atoms with Gasteiger partial charge in [0.1, 0.15) is 0 Å². The van der Waals surface area contributed by atoms with E-state index >= 15 is 0 Å². The first-order valence-corrected chi connectivity index (χ1v) is 8.06. The van der Waals surface area contributed by atoms with Crippen LogP contribution < -0.4 is 5.32 Å². The lowest BCUT2D eigenvalue weighted by Crippen LogP contribution is -2.49. The summed E-state index contributed by atoms with van der Waals surface area (Å²) >= 11 is 6.49. The molecule has 0 amide bonds. The molecular weight excluding hydrogens is 272 g/mol. The molecule has 0 aliphatic carbocycles. The number of aromatic nitrogens is 2. The zero-order valence-corrected chi connectivity index (χ0v) is 13.9. The molecule has 0 bridgehead atoms. The van der Waals surface area contributed by atoms with Crippen LogP contribution in [0.5, 0.6) is 0 Å². The Kier molecular flexibility index (Phi) is 5.10. The number of aryl methyl sites for hydroxylation is 2. The lowest BCUT2D eigenvalue weighted by Gasteiger charge is -2.39. The number of hydrogen-bond donors (Lipinski definition) is 1. The summed E-state index contributed by atoms with van der Waals surface area (Å²) in [6.07, 6.45) is 3.26. The quantitative estimate of drug-likeness (QED) is 0.907. The Labute approximate surface area is 127 Å². The molecule has 1 aromatic heterocycles. The number of hydrogen-bond acceptors (Lipinski definition) is 3. The maximum absolute atomic E-state index is 6.49. The van der Waals surface area contributed by atoms with Gasteiger partial charge in [-0.2, -0.15) is 5.10 Å². The van der Waals surface area contributed by atoms with Crippen molar-refractivity contribution >= 4 is 11.6 Å². The zero-order valence-electron chi connectivity index (χ0n) is 13.2. The molecule has 1 aliphatic rings. The Bertz CT molecular complexity index is 447. The topological polar surface area (TPSA) is 33.1 Å². The highest BCUT2D eigenvalue weighted by Gasteiger charge is 2.29. The van der Waals surface area contributed by atoms with Crippen LogP contribution in [0.1, 0.15) is 45.0 Å². The average Bonchev–Trinajstić information content (AvgIpc) is 2.78. The Morgan fingerprint density at radius 1 is 1.30 bits per heavy atom. The molecule has 1 fully saturated rings. The van der Waals surface area contributed by atoms with Crippen molar-refractivity contribution < 1.29 is 0 Å². The molecule has 0 radical (unpaired) electrons. The summed E-state index contributed by atoms with van der Waals surface area (Å²) in [6, 6.07) is 0. The van der Waals surface area contributed by atoms with Crippen molar-refractivity contribution in [1.82, 2.24) is 20.0 Å². The lowest BCUT2D eigenvalue weighted by molar-refractivity contribution is 0.143. The molecule has 2 rings (SSSR count). The molecule has 4 nitrogen and oxygen atoms in total. The number of nitrogens with one attached hydrogen (secondary N) is 1. The van der Waals surface area contributed by atoms with E-state index in [2.05, 4.69) is 47.8 Å². The Balaban J connectivity index is 2.06. The number of halogens is 1. The Hall–Kier alpha value is -0.580. The van der Waals surface area contributed by atoms with Gasteiger partial charge >= 0.3 is 0 Å². The Morgan fingerprint density at radius 2 is 1.95 bits per heavy atom. The van der Waals surface area contributed by atoms with Gasteiger partial charge in [0.25, 0.3) is 0 Å². The molecule has 0 aromatic carbocycles. The lowest BCUT2D eigenvalue weighted by atomic mass is 9.90. The third-order valence-electron chi connectivity index (χ3n) is 4.63. The number of nitrogens with zero attached hydrogens (tertiary/aromatic N) is 3. The van der Waals surface area contributed by atoms with E-state index in [0.717, 1.165) is 43.3 Å². The number of likely N-dealkylation sites (tertiary alicyclic amines) is 1. The van der Waals surface area contributed by atoms with Gasteiger partial charge in [-0.05, 0) is 40.2 Å². The number of rotatable bonds is 5. The minimum atomic E-state index is 0.292. The van der Waals surface area contributed by atoms with E-state index in [4.69, 9.17) is 11.6 Å². The van der Waals surface area contributed by atoms with Crippen LogP contribution in [0.4, 0.5) is 0 Å². The molecule has 20 heavy (non-hydrogen) atoms. The largest absolute Gasteiger partial charge is 0.314 e. The molecule has 0 spiro atoms. The molecule has 1 aliphatic heterocycles. The van der Waals surface area contributed by atoms with Gasteiger partial charge in [-0.3, -0.25) is 9.58 Å². The minimum absolute atomic E-state index is 0.292. The van der Waals surface area contributed by atoms with E-state index in [9.17, 15) is 0 Å². The monoisotopic (exact) mass is 298 g/mol. The summed E-state index contributed by atoms with van der Waals surface area (Å²) in [4.78, 5) is 2.49. The van der Waals surface area contributed by atoms with Crippen molar-refractivity contribution in [3.63, 3.8) is 0 Å². The smallest absolute Gasteiger partial charge is 0.0863 e. The van der Waals surface area contributed by atoms with Gasteiger partial charge in [0.2, 0.25) is 0 Å². The van der Waals surface area contributed by atoms with Gasteiger partial charge in [-0.1, -0.05) is 18.5 Å². The third-order valence-corrected chi connectivity index (χ3v) is 5.07. The summed E-state index contributed by atoms with van der Waals surface area (Å²) in [5, 5.41) is 8.92. The highest BCUT2D eigenvalue weighted by molar-refractivity contribution is 6.31. The fourth-order valence-corrected chi connectivity index (χ4v) is 3.16. The predicted molar refractivity (Wildman–Crippen MR) is 84.3 cm³/mol. The van der Waals surface area contributed by atoms with Crippen LogP contribution in [0.15, 0.2) is 0 Å². The standard InChI is InChI=1S/C15H27ClN4/c1-5-12-14(16)13(20(6-2)18-12)11-19-9-7-15(3,17-4)8-10-19/h17H,5-11H2,1-4H3. The first-order valence-electron chi connectivity index (χ1n) is 7.68. The van der Waals surface area contributed by atoms with Crippen LogP contribution in [0.2, 0.25) is 5.02 Å². The molecular formula is C15H27ClN4. The molecule has 5 heteroatoms. The second-order valence-corrected chi connectivity index (χ2v) is 6.34. The molecule has 1 N–H and O–H groups in total. The van der Waals surface area contributed by atoms with E-state index in [1.54, 1.807) is 0 Å². The van der Waals surface area contributed by atoms with Crippen molar-refractivity contribution in [2.75, 3.05) is 20.1 Å². The zero-order chi connectivity index (χ0) is 14.8. The van der Waals surface area contributed by atoms with Crippen LogP contribution in [0.25, 0.3) is 0 Å². The summed E-state index contributed by atoms with van der Waals surface area (Å²) in [7, 11) is 2.06. The van der Waals surface area contributed by atoms with E-state index in [1.807, 2.05) is 0 Å². The van der Waals surface area contributed by atoms with Crippen LogP contribution in [-0.4, -0.2) is 40.4 Å². The van der Waals surface area contributed by atoms with Gasteiger partial charge in [0, 0.05) is 31.7 Å². The van der Waals surface area contributed by atoms with Crippen LogP contribution in [0.3, 0.4) is 0 Å². The van der Waals surface area contributed by atoms with E-state index in [0.29, 0.717) is 5.54 Å². The van der Waals surface area contributed by atoms with Crippen molar-refractivity contribution in [2.45, 2.75) is 58.7 Å². The van der Waals surface area contributed by atoms with E-state index < -0.39 is 0 Å². The first-order chi connectivity index (χ1) is 9.53. The van der Waals surface area contributed by atoms with Crippen LogP contribution in [-0.2, 0) is 19.5 Å². The normalized spacial score (nSPS) is 19.4. The average molecular weight is 299 g/mol. The van der Waals surface area contributed by atoms with Gasteiger partial charge in [0.05, 0.1) is 16.4 Å². The van der Waals surface area contributed by atoms with Crippen LogP contribution in [0, 0.1) is 0 Å². The summed E-state index contributed by atoms with van der Waals surface area (Å²) in [6.45, 7) is 10.6. The fraction of sp³-hybridized carbons (Fsp3) is 0.800. The Morgan fingerprint density at radius 3 is 2.45 bits per heavy atom. The predicted octanol–water partition coefficient (Wildman–Crippen LogP) is 2.69. The van der Waals surface area contributed by atoms with E-state index in [-0.39, 0.29) is 0 Å². The molecule has 0 unspecified atom stereocenters. The fourth-order valence-electron chi connectivity index (χ4n) is 2.83. The maximum Gasteiger partial charge on any atom is 0.0863 e. The SMILES string of the molecule is CCc1nn(CC)c(CN2CCC(C)(NC)CC2)c1Cl. The molecule has 2 heterocycles.